The maximum absolute atomic E-state index is 12.6. The van der Waals surface area contributed by atoms with Crippen molar-refractivity contribution in [2.75, 3.05) is 0 Å². The molecule has 0 saturated carbocycles. The highest BCUT2D eigenvalue weighted by molar-refractivity contribution is 5.32. The highest BCUT2D eigenvalue weighted by atomic mass is 19.4. The average Bonchev–Trinajstić information content (AvgIpc) is 2.19. The zero-order valence-electron chi connectivity index (χ0n) is 8.31. The summed E-state index contributed by atoms with van der Waals surface area (Å²) in [5.74, 6) is 5.21. The van der Waals surface area contributed by atoms with Crippen LogP contribution in [0.4, 0.5) is 13.2 Å². The first-order valence-corrected chi connectivity index (χ1v) is 4.63. The van der Waals surface area contributed by atoms with Crippen LogP contribution in [0.5, 0.6) is 0 Å². The van der Waals surface area contributed by atoms with E-state index in [0.717, 1.165) is 6.07 Å². The standard InChI is InChI=1S/C10H13F3N2/c1-2-9(15-14)7-5-3-4-6-8(7)10(11,12)13/h3-6,9,15H,2,14H2,1H3. The molecule has 1 aromatic rings. The molecule has 1 aromatic carbocycles. The molecule has 0 aliphatic rings. The largest absolute Gasteiger partial charge is 0.416 e. The quantitative estimate of drug-likeness (QED) is 0.604. The maximum atomic E-state index is 12.6. The van der Waals surface area contributed by atoms with Crippen molar-refractivity contribution in [3.05, 3.63) is 35.4 Å². The lowest BCUT2D eigenvalue weighted by molar-refractivity contribution is -0.138. The third-order valence-corrected chi connectivity index (χ3v) is 2.25. The van der Waals surface area contributed by atoms with Crippen LogP contribution in [-0.4, -0.2) is 0 Å². The van der Waals surface area contributed by atoms with Crippen molar-refractivity contribution in [1.82, 2.24) is 5.43 Å². The Morgan fingerprint density at radius 1 is 1.33 bits per heavy atom. The SMILES string of the molecule is CCC(NN)c1ccccc1C(F)(F)F. The minimum atomic E-state index is -4.33. The van der Waals surface area contributed by atoms with E-state index in [1.165, 1.54) is 12.1 Å². The number of alkyl halides is 3. The van der Waals surface area contributed by atoms with Gasteiger partial charge in [-0.05, 0) is 18.1 Å². The summed E-state index contributed by atoms with van der Waals surface area (Å²) in [6, 6.07) is 4.98. The van der Waals surface area contributed by atoms with Gasteiger partial charge in [-0.1, -0.05) is 25.1 Å². The zero-order chi connectivity index (χ0) is 11.5. The molecule has 0 aromatic heterocycles. The molecule has 15 heavy (non-hydrogen) atoms. The summed E-state index contributed by atoms with van der Waals surface area (Å²) in [4.78, 5) is 0. The van der Waals surface area contributed by atoms with Crippen molar-refractivity contribution in [2.45, 2.75) is 25.6 Å². The fourth-order valence-corrected chi connectivity index (χ4v) is 1.49. The molecular weight excluding hydrogens is 205 g/mol. The van der Waals surface area contributed by atoms with Gasteiger partial charge in [0.2, 0.25) is 0 Å². The molecule has 1 rings (SSSR count). The van der Waals surface area contributed by atoms with Crippen LogP contribution in [0, 0.1) is 0 Å². The van der Waals surface area contributed by atoms with E-state index in [-0.39, 0.29) is 5.56 Å². The van der Waals surface area contributed by atoms with Crippen LogP contribution in [0.15, 0.2) is 24.3 Å². The van der Waals surface area contributed by atoms with E-state index in [9.17, 15) is 13.2 Å². The smallest absolute Gasteiger partial charge is 0.271 e. The van der Waals surface area contributed by atoms with Crippen LogP contribution < -0.4 is 11.3 Å². The summed E-state index contributed by atoms with van der Waals surface area (Å²) < 4.78 is 37.8. The molecule has 0 heterocycles. The third-order valence-electron chi connectivity index (χ3n) is 2.25. The second-order valence-corrected chi connectivity index (χ2v) is 3.21. The molecular formula is C10H13F3N2. The Balaban J connectivity index is 3.17. The lowest BCUT2D eigenvalue weighted by Crippen LogP contribution is -2.29. The number of nitrogens with one attached hydrogen (secondary N) is 1. The van der Waals surface area contributed by atoms with Gasteiger partial charge < -0.3 is 0 Å². The molecule has 0 aliphatic heterocycles. The number of benzene rings is 1. The van der Waals surface area contributed by atoms with Crippen LogP contribution in [0.3, 0.4) is 0 Å². The summed E-state index contributed by atoms with van der Waals surface area (Å²) in [7, 11) is 0. The van der Waals surface area contributed by atoms with Crippen molar-refractivity contribution < 1.29 is 13.2 Å². The van der Waals surface area contributed by atoms with E-state index in [0.29, 0.717) is 6.42 Å². The van der Waals surface area contributed by atoms with Gasteiger partial charge in [-0.25, -0.2) is 0 Å². The van der Waals surface area contributed by atoms with Gasteiger partial charge in [-0.15, -0.1) is 0 Å². The van der Waals surface area contributed by atoms with Crippen LogP contribution in [0.2, 0.25) is 0 Å². The van der Waals surface area contributed by atoms with E-state index in [4.69, 9.17) is 5.84 Å². The number of hydrogen-bond acceptors (Lipinski definition) is 2. The normalized spacial score (nSPS) is 13.9. The number of rotatable bonds is 3. The number of nitrogens with two attached hydrogens (primary N) is 1. The lowest BCUT2D eigenvalue weighted by Gasteiger charge is -2.19. The monoisotopic (exact) mass is 218 g/mol. The van der Waals surface area contributed by atoms with Crippen LogP contribution in [-0.2, 0) is 6.18 Å². The molecule has 0 amide bonds. The van der Waals surface area contributed by atoms with Crippen LogP contribution in [0.25, 0.3) is 0 Å². The van der Waals surface area contributed by atoms with Gasteiger partial charge in [0, 0.05) is 6.04 Å². The molecule has 0 aliphatic carbocycles. The predicted octanol–water partition coefficient (Wildman–Crippen LogP) is 2.62. The van der Waals surface area contributed by atoms with Gasteiger partial charge in [0.05, 0.1) is 5.56 Å². The Kier molecular flexibility index (Phi) is 3.71. The highest BCUT2D eigenvalue weighted by Crippen LogP contribution is 2.34. The Morgan fingerprint density at radius 2 is 1.93 bits per heavy atom. The van der Waals surface area contributed by atoms with Gasteiger partial charge in [0.15, 0.2) is 0 Å². The first kappa shape index (κ1) is 12.0. The van der Waals surface area contributed by atoms with Gasteiger partial charge in [-0.3, -0.25) is 11.3 Å². The van der Waals surface area contributed by atoms with E-state index in [2.05, 4.69) is 5.43 Å². The Labute approximate surface area is 86.2 Å². The topological polar surface area (TPSA) is 38.0 Å². The van der Waals surface area contributed by atoms with E-state index in [1.54, 1.807) is 13.0 Å². The minimum absolute atomic E-state index is 0.190. The summed E-state index contributed by atoms with van der Waals surface area (Å²) in [6.45, 7) is 1.78. The fourth-order valence-electron chi connectivity index (χ4n) is 1.49. The first-order valence-electron chi connectivity index (χ1n) is 4.63. The van der Waals surface area contributed by atoms with Gasteiger partial charge in [0.25, 0.3) is 0 Å². The molecule has 5 heteroatoms. The molecule has 1 unspecified atom stereocenters. The van der Waals surface area contributed by atoms with E-state index < -0.39 is 17.8 Å². The van der Waals surface area contributed by atoms with E-state index in [1.807, 2.05) is 0 Å². The molecule has 1 atom stereocenters. The molecule has 0 fully saturated rings. The second kappa shape index (κ2) is 4.63. The zero-order valence-corrected chi connectivity index (χ0v) is 8.31. The number of halogens is 3. The number of hydrazine groups is 1. The first-order chi connectivity index (χ1) is 7.00. The number of hydrogen-bond donors (Lipinski definition) is 2. The van der Waals surface area contributed by atoms with Crippen molar-refractivity contribution in [2.24, 2.45) is 5.84 Å². The van der Waals surface area contributed by atoms with Crippen molar-refractivity contribution >= 4 is 0 Å². The second-order valence-electron chi connectivity index (χ2n) is 3.21. The van der Waals surface area contributed by atoms with Crippen molar-refractivity contribution in [1.29, 1.82) is 0 Å². The Morgan fingerprint density at radius 3 is 2.40 bits per heavy atom. The molecule has 0 saturated heterocycles. The molecule has 3 N–H and O–H groups in total. The Hall–Kier alpha value is -1.07. The van der Waals surface area contributed by atoms with Crippen molar-refractivity contribution in [3.8, 4) is 0 Å². The average molecular weight is 218 g/mol. The summed E-state index contributed by atoms with van der Waals surface area (Å²) >= 11 is 0. The molecule has 0 spiro atoms. The van der Waals surface area contributed by atoms with Gasteiger partial charge in [-0.2, -0.15) is 13.2 Å². The van der Waals surface area contributed by atoms with Crippen LogP contribution in [0.1, 0.15) is 30.5 Å². The molecule has 2 nitrogen and oxygen atoms in total. The van der Waals surface area contributed by atoms with Crippen molar-refractivity contribution in [3.63, 3.8) is 0 Å². The Bertz CT molecular complexity index is 319. The summed E-state index contributed by atoms with van der Waals surface area (Å²) in [5, 5.41) is 0. The van der Waals surface area contributed by atoms with Gasteiger partial charge >= 0.3 is 6.18 Å². The summed E-state index contributed by atoms with van der Waals surface area (Å²) in [5.41, 5.74) is 1.94. The molecule has 84 valence electrons. The summed E-state index contributed by atoms with van der Waals surface area (Å²) in [6.07, 6.45) is -3.83. The lowest BCUT2D eigenvalue weighted by atomic mass is 9.99. The highest BCUT2D eigenvalue weighted by Gasteiger charge is 2.34. The maximum Gasteiger partial charge on any atom is 0.416 e. The third kappa shape index (κ3) is 2.70. The van der Waals surface area contributed by atoms with Crippen LogP contribution >= 0.6 is 0 Å². The molecule has 0 radical (unpaired) electrons. The molecule has 0 bridgehead atoms. The van der Waals surface area contributed by atoms with Gasteiger partial charge in [0.1, 0.15) is 0 Å². The minimum Gasteiger partial charge on any atom is -0.271 e. The predicted molar refractivity (Wildman–Crippen MR) is 51.8 cm³/mol. The van der Waals surface area contributed by atoms with E-state index >= 15 is 0 Å². The fraction of sp³-hybridized carbons (Fsp3) is 0.400.